The number of hydrogen-bond donors (Lipinski definition) is 2. The van der Waals surface area contributed by atoms with Crippen molar-refractivity contribution in [1.82, 2.24) is 20.0 Å². The number of nitrogens with zero attached hydrogens (tertiary/aromatic N) is 3. The third-order valence-electron chi connectivity index (χ3n) is 6.57. The van der Waals surface area contributed by atoms with Crippen LogP contribution in [0.4, 0.5) is 0 Å². The predicted octanol–water partition coefficient (Wildman–Crippen LogP) is 0.468. The molecule has 0 aliphatic carbocycles. The third kappa shape index (κ3) is 4.58. The smallest absolute Gasteiger partial charge is 0.353 e. The predicted molar refractivity (Wildman–Crippen MR) is 122 cm³/mol. The van der Waals surface area contributed by atoms with E-state index in [1.165, 1.54) is 16.7 Å². The summed E-state index contributed by atoms with van der Waals surface area (Å²) in [5, 5.41) is 13.2. The van der Waals surface area contributed by atoms with E-state index in [0.29, 0.717) is 30.8 Å². The maximum Gasteiger partial charge on any atom is 0.353 e. The largest absolute Gasteiger partial charge is 0.477 e. The molecule has 0 aromatic rings. The van der Waals surface area contributed by atoms with Crippen molar-refractivity contribution in [1.29, 1.82) is 0 Å². The van der Waals surface area contributed by atoms with Crippen LogP contribution in [0.1, 0.15) is 26.7 Å². The van der Waals surface area contributed by atoms with Gasteiger partial charge >= 0.3 is 5.97 Å². The van der Waals surface area contributed by atoms with Crippen LogP contribution in [0.25, 0.3) is 0 Å². The molecule has 0 spiro atoms. The molecule has 0 radical (unpaired) electrons. The number of carboxylic acids is 1. The number of thioether (sulfide) groups is 1. The van der Waals surface area contributed by atoms with Gasteiger partial charge in [0.2, 0.25) is 11.8 Å². The highest BCUT2D eigenvalue weighted by Crippen LogP contribution is 2.53. The van der Waals surface area contributed by atoms with Crippen LogP contribution >= 0.6 is 11.8 Å². The van der Waals surface area contributed by atoms with Gasteiger partial charge in [-0.05, 0) is 26.4 Å². The van der Waals surface area contributed by atoms with E-state index in [0.717, 1.165) is 0 Å². The fourth-order valence-electron chi connectivity index (χ4n) is 5.14. The number of rotatable bonds is 9. The number of carbonyl (C=O) groups excluding carboxylic acids is 3. The molecule has 2 fully saturated rings. The van der Waals surface area contributed by atoms with Crippen LogP contribution in [0.3, 0.4) is 0 Å². The van der Waals surface area contributed by atoms with Gasteiger partial charge in [0.05, 0.1) is 24.5 Å². The first kappa shape index (κ1) is 24.7. The first-order chi connectivity index (χ1) is 14.9. The monoisotopic (exact) mass is 466 g/mol. The summed E-state index contributed by atoms with van der Waals surface area (Å²) in [6.45, 7) is 4.81. The van der Waals surface area contributed by atoms with Crippen LogP contribution in [-0.2, 0) is 19.2 Å². The van der Waals surface area contributed by atoms with Gasteiger partial charge in [-0.25, -0.2) is 4.79 Å². The molecule has 32 heavy (non-hydrogen) atoms. The number of likely N-dealkylation sites (N-methyl/N-ethyl adjacent to an activating group) is 2. The van der Waals surface area contributed by atoms with Crippen LogP contribution in [-0.4, -0.2) is 102 Å². The van der Waals surface area contributed by atoms with Gasteiger partial charge in [-0.15, -0.1) is 11.8 Å². The Morgan fingerprint density at radius 1 is 1.25 bits per heavy atom. The van der Waals surface area contributed by atoms with Crippen molar-refractivity contribution in [3.05, 3.63) is 10.6 Å². The Kier molecular flexibility index (Phi) is 7.36. The van der Waals surface area contributed by atoms with E-state index >= 15 is 0 Å². The second kappa shape index (κ2) is 9.52. The first-order valence-electron chi connectivity index (χ1n) is 11.0. The topological polar surface area (TPSA) is 110 Å². The molecule has 0 bridgehead atoms. The molecule has 3 heterocycles. The molecule has 9 nitrogen and oxygen atoms in total. The quantitative estimate of drug-likeness (QED) is 0.472. The molecule has 3 rings (SSSR count). The number of β-lactam (4-membered cyclic amide) rings is 1. The molecule has 0 aromatic carbocycles. The van der Waals surface area contributed by atoms with Gasteiger partial charge in [-0.2, -0.15) is 0 Å². The Hall–Kier alpha value is -1.91. The number of ketones is 1. The zero-order chi connectivity index (χ0) is 23.9. The van der Waals surface area contributed by atoms with Crippen molar-refractivity contribution in [2.75, 3.05) is 41.3 Å². The van der Waals surface area contributed by atoms with E-state index < -0.39 is 5.97 Å². The number of Topliss-reactive ketones (excluding diaryl/α,β-unsaturated/α-hetero) is 1. The normalized spacial score (nSPS) is 30.4. The SMILES string of the molecule is C[C@@H](CC(=O)CN(C)C)[C@H]1C(=O)N2C(C(=O)O)=C(S[C@@H]3CN[C@H](C(=O)N(C)C)C3)[C@H](C)[C@H]12. The summed E-state index contributed by atoms with van der Waals surface area (Å²) in [5.74, 6) is -1.84. The minimum Gasteiger partial charge on any atom is -0.477 e. The van der Waals surface area contributed by atoms with E-state index in [9.17, 15) is 24.3 Å². The molecular formula is C22H34N4O5S. The number of amides is 2. The van der Waals surface area contributed by atoms with Crippen molar-refractivity contribution >= 4 is 35.3 Å². The van der Waals surface area contributed by atoms with E-state index in [2.05, 4.69) is 5.32 Å². The van der Waals surface area contributed by atoms with Crippen LogP contribution in [0.15, 0.2) is 10.6 Å². The molecule has 3 aliphatic rings. The third-order valence-corrected chi connectivity index (χ3v) is 8.08. The van der Waals surface area contributed by atoms with Crippen LogP contribution in [0.5, 0.6) is 0 Å². The summed E-state index contributed by atoms with van der Waals surface area (Å²) in [6.07, 6.45) is 0.916. The molecule has 178 valence electrons. The Bertz CT molecular complexity index is 842. The maximum absolute atomic E-state index is 13.0. The molecule has 3 aliphatic heterocycles. The Balaban J connectivity index is 1.73. The standard InChI is InChI=1S/C22H34N4O5S/c1-11(7-13(27)10-24(3)4)16-17-12(2)19(18(22(30)31)26(17)21(16)29)32-14-8-15(23-9-14)20(28)25(5)6/h11-12,14-17,23H,7-10H2,1-6H3,(H,30,31)/t11-,12+,14-,15-,16+,17+/m0/s1. The average Bonchev–Trinajstić information content (AvgIpc) is 3.22. The van der Waals surface area contributed by atoms with E-state index in [4.69, 9.17) is 0 Å². The maximum atomic E-state index is 13.0. The first-order valence-corrected chi connectivity index (χ1v) is 11.9. The van der Waals surface area contributed by atoms with Gasteiger partial charge in [0, 0.05) is 43.1 Å². The lowest BCUT2D eigenvalue weighted by Crippen LogP contribution is -2.62. The lowest BCUT2D eigenvalue weighted by atomic mass is 9.73. The van der Waals surface area contributed by atoms with Crippen molar-refractivity contribution in [2.45, 2.75) is 44.0 Å². The fourth-order valence-corrected chi connectivity index (χ4v) is 6.62. The van der Waals surface area contributed by atoms with Gasteiger partial charge in [0.25, 0.3) is 0 Å². The molecule has 6 atom stereocenters. The number of carboxylic acid groups (broad SMARTS) is 1. The van der Waals surface area contributed by atoms with Crippen LogP contribution < -0.4 is 5.32 Å². The van der Waals surface area contributed by atoms with Crippen LogP contribution in [0.2, 0.25) is 0 Å². The van der Waals surface area contributed by atoms with Gasteiger partial charge < -0.3 is 25.1 Å². The summed E-state index contributed by atoms with van der Waals surface area (Å²) < 4.78 is 0. The second-order valence-corrected chi connectivity index (χ2v) is 11.0. The Labute approximate surface area is 193 Å². The van der Waals surface area contributed by atoms with E-state index in [-0.39, 0.29) is 58.4 Å². The van der Waals surface area contributed by atoms with E-state index in [1.807, 2.05) is 32.8 Å². The van der Waals surface area contributed by atoms with Crippen molar-refractivity contribution in [3.8, 4) is 0 Å². The summed E-state index contributed by atoms with van der Waals surface area (Å²) in [4.78, 5) is 55.1. The van der Waals surface area contributed by atoms with E-state index in [1.54, 1.807) is 19.0 Å². The van der Waals surface area contributed by atoms with Crippen molar-refractivity contribution < 1.29 is 24.3 Å². The number of aliphatic carboxylic acids is 1. The Morgan fingerprint density at radius 2 is 1.91 bits per heavy atom. The number of hydrogen-bond acceptors (Lipinski definition) is 7. The zero-order valence-electron chi connectivity index (χ0n) is 19.6. The molecule has 2 amide bonds. The molecule has 2 saturated heterocycles. The Morgan fingerprint density at radius 3 is 2.47 bits per heavy atom. The molecule has 0 aromatic heterocycles. The summed E-state index contributed by atoms with van der Waals surface area (Å²) >= 11 is 1.48. The van der Waals surface area contributed by atoms with Gasteiger partial charge in [0.1, 0.15) is 11.5 Å². The summed E-state index contributed by atoms with van der Waals surface area (Å²) in [7, 11) is 7.10. The van der Waals surface area contributed by atoms with Gasteiger partial charge in [-0.3, -0.25) is 14.4 Å². The highest BCUT2D eigenvalue weighted by molar-refractivity contribution is 8.03. The highest BCUT2D eigenvalue weighted by atomic mass is 32.2. The van der Waals surface area contributed by atoms with Crippen molar-refractivity contribution in [3.63, 3.8) is 0 Å². The number of carbonyl (C=O) groups is 4. The minimum absolute atomic E-state index is 0.00952. The zero-order valence-corrected chi connectivity index (χ0v) is 20.4. The lowest BCUT2D eigenvalue weighted by molar-refractivity contribution is -0.160. The molecule has 2 N–H and O–H groups in total. The van der Waals surface area contributed by atoms with Gasteiger partial charge in [0.15, 0.2) is 0 Å². The fraction of sp³-hybridized carbons (Fsp3) is 0.727. The molecule has 0 saturated carbocycles. The van der Waals surface area contributed by atoms with Crippen LogP contribution in [0, 0.1) is 17.8 Å². The van der Waals surface area contributed by atoms with Crippen molar-refractivity contribution in [2.24, 2.45) is 17.8 Å². The minimum atomic E-state index is -1.10. The molecule has 10 heteroatoms. The summed E-state index contributed by atoms with van der Waals surface area (Å²) in [6, 6.07) is -0.506. The average molecular weight is 467 g/mol. The lowest BCUT2D eigenvalue weighted by Gasteiger charge is -2.47. The summed E-state index contributed by atoms with van der Waals surface area (Å²) in [5.41, 5.74) is 0.0722. The molecular weight excluding hydrogens is 432 g/mol. The molecule has 0 unspecified atom stereocenters. The van der Waals surface area contributed by atoms with Gasteiger partial charge in [-0.1, -0.05) is 13.8 Å². The second-order valence-electron chi connectivity index (χ2n) is 9.66. The number of fused-ring (bicyclic) bond motifs is 1. The number of nitrogens with one attached hydrogen (secondary N) is 1. The highest BCUT2D eigenvalue weighted by Gasteiger charge is 2.60.